The van der Waals surface area contributed by atoms with Crippen molar-refractivity contribution >= 4 is 16.9 Å². The van der Waals surface area contributed by atoms with Gasteiger partial charge in [0.2, 0.25) is 5.88 Å². The number of nitrogens with zero attached hydrogens (tertiary/aromatic N) is 8. The first-order chi connectivity index (χ1) is 15.6. The van der Waals surface area contributed by atoms with Crippen LogP contribution in [0.1, 0.15) is 18.7 Å². The van der Waals surface area contributed by atoms with Crippen LogP contribution in [-0.2, 0) is 0 Å². The Morgan fingerprint density at radius 2 is 1.94 bits per heavy atom. The van der Waals surface area contributed by atoms with Gasteiger partial charge in [0.25, 0.3) is 0 Å². The number of para-hydroxylation sites is 1. The van der Waals surface area contributed by atoms with Gasteiger partial charge in [-0.25, -0.2) is 28.7 Å². The van der Waals surface area contributed by atoms with Gasteiger partial charge in [-0.1, -0.05) is 23.4 Å². The SMILES string of the molecule is COc1cccc(-c2nn(C(C)c3cn(-c4ccccc4F)nn3)c3ncnc(N)c23)n1. The lowest BCUT2D eigenvalue weighted by atomic mass is 10.2. The van der Waals surface area contributed by atoms with Crippen LogP contribution in [0.2, 0.25) is 0 Å². The van der Waals surface area contributed by atoms with Crippen LogP contribution in [0.3, 0.4) is 0 Å². The molecular weight excluding hydrogens is 413 g/mol. The van der Waals surface area contributed by atoms with Crippen LogP contribution in [0.15, 0.2) is 55.0 Å². The third-order valence-electron chi connectivity index (χ3n) is 5.10. The number of halogens is 1. The molecule has 0 saturated heterocycles. The molecule has 5 rings (SSSR count). The number of ether oxygens (including phenoxy) is 1. The number of pyridine rings is 1. The second-order valence-corrected chi connectivity index (χ2v) is 7.03. The summed E-state index contributed by atoms with van der Waals surface area (Å²) >= 11 is 0. The Morgan fingerprint density at radius 1 is 1.09 bits per heavy atom. The van der Waals surface area contributed by atoms with E-state index in [0.717, 1.165) is 0 Å². The highest BCUT2D eigenvalue weighted by Gasteiger charge is 2.23. The standard InChI is InChI=1S/C21H18FN9O/c1-12(15-10-30(29-27-15)16-8-4-3-6-13(16)22)31-21-18(20(23)24-11-25-21)19(28-31)14-7-5-9-17(26-14)32-2/h3-12H,1-2H3,(H2,23,24,25). The second-order valence-electron chi connectivity index (χ2n) is 7.03. The third-order valence-corrected chi connectivity index (χ3v) is 5.10. The number of fused-ring (bicyclic) bond motifs is 1. The zero-order chi connectivity index (χ0) is 22.2. The lowest BCUT2D eigenvalue weighted by Crippen LogP contribution is -2.10. The number of hydrogen-bond donors (Lipinski definition) is 1. The highest BCUT2D eigenvalue weighted by Crippen LogP contribution is 2.32. The topological polar surface area (TPSA) is 122 Å². The average Bonchev–Trinajstić information content (AvgIpc) is 3.45. The molecule has 1 unspecified atom stereocenters. The fourth-order valence-electron chi connectivity index (χ4n) is 3.45. The molecule has 32 heavy (non-hydrogen) atoms. The maximum atomic E-state index is 14.2. The molecule has 10 nitrogen and oxygen atoms in total. The van der Waals surface area contributed by atoms with Crippen molar-refractivity contribution in [3.8, 4) is 23.0 Å². The number of aromatic nitrogens is 8. The van der Waals surface area contributed by atoms with E-state index in [-0.39, 0.29) is 11.9 Å². The lowest BCUT2D eigenvalue weighted by Gasteiger charge is -2.09. The van der Waals surface area contributed by atoms with Crippen LogP contribution >= 0.6 is 0 Å². The summed E-state index contributed by atoms with van der Waals surface area (Å²) in [6.07, 6.45) is 3.03. The molecule has 0 amide bonds. The molecule has 0 aliphatic heterocycles. The molecule has 11 heteroatoms. The maximum Gasteiger partial charge on any atom is 0.213 e. The molecule has 0 fully saturated rings. The van der Waals surface area contributed by atoms with Crippen LogP contribution < -0.4 is 10.5 Å². The third kappa shape index (κ3) is 3.20. The average molecular weight is 431 g/mol. The summed E-state index contributed by atoms with van der Waals surface area (Å²) in [4.78, 5) is 13.0. The molecule has 4 heterocycles. The molecule has 0 radical (unpaired) electrons. The second kappa shape index (κ2) is 7.69. The van der Waals surface area contributed by atoms with Crippen molar-refractivity contribution in [2.45, 2.75) is 13.0 Å². The van der Waals surface area contributed by atoms with Gasteiger partial charge in [0.15, 0.2) is 5.65 Å². The van der Waals surface area contributed by atoms with E-state index in [1.807, 2.05) is 13.0 Å². The van der Waals surface area contributed by atoms with E-state index in [9.17, 15) is 4.39 Å². The van der Waals surface area contributed by atoms with Gasteiger partial charge in [-0.15, -0.1) is 5.10 Å². The van der Waals surface area contributed by atoms with Gasteiger partial charge >= 0.3 is 0 Å². The quantitative estimate of drug-likeness (QED) is 0.451. The highest BCUT2D eigenvalue weighted by molar-refractivity contribution is 5.97. The zero-order valence-electron chi connectivity index (χ0n) is 17.2. The predicted molar refractivity (Wildman–Crippen MR) is 115 cm³/mol. The van der Waals surface area contributed by atoms with Crippen molar-refractivity contribution in [3.63, 3.8) is 0 Å². The fourth-order valence-corrected chi connectivity index (χ4v) is 3.45. The Hall–Kier alpha value is -4.41. The van der Waals surface area contributed by atoms with E-state index in [1.54, 1.807) is 48.3 Å². The molecule has 0 aliphatic carbocycles. The molecule has 160 valence electrons. The van der Waals surface area contributed by atoms with Gasteiger partial charge in [-0.05, 0) is 25.1 Å². The molecule has 1 aromatic carbocycles. The van der Waals surface area contributed by atoms with Crippen molar-refractivity contribution in [2.24, 2.45) is 0 Å². The molecular formula is C21H18FN9O. The zero-order valence-corrected chi connectivity index (χ0v) is 17.2. The largest absolute Gasteiger partial charge is 0.481 e. The maximum absolute atomic E-state index is 14.2. The Morgan fingerprint density at radius 3 is 2.75 bits per heavy atom. The summed E-state index contributed by atoms with van der Waals surface area (Å²) in [7, 11) is 1.54. The first-order valence-electron chi connectivity index (χ1n) is 9.74. The lowest BCUT2D eigenvalue weighted by molar-refractivity contribution is 0.398. The summed E-state index contributed by atoms with van der Waals surface area (Å²) < 4.78 is 22.5. The highest BCUT2D eigenvalue weighted by atomic mass is 19.1. The summed E-state index contributed by atoms with van der Waals surface area (Å²) in [6, 6.07) is 11.3. The van der Waals surface area contributed by atoms with Gasteiger partial charge < -0.3 is 10.5 Å². The first kappa shape index (κ1) is 19.5. The molecule has 4 aromatic heterocycles. The normalized spacial score (nSPS) is 12.2. The number of nitrogens with two attached hydrogens (primary N) is 1. The monoisotopic (exact) mass is 431 g/mol. The Balaban J connectivity index is 1.62. The van der Waals surface area contributed by atoms with Gasteiger partial charge in [-0.3, -0.25) is 0 Å². The summed E-state index contributed by atoms with van der Waals surface area (Å²) in [6.45, 7) is 1.89. The summed E-state index contributed by atoms with van der Waals surface area (Å²) in [5, 5.41) is 13.6. The number of benzene rings is 1. The summed E-state index contributed by atoms with van der Waals surface area (Å²) in [5.41, 5.74) is 8.65. The van der Waals surface area contributed by atoms with Crippen molar-refractivity contribution in [1.29, 1.82) is 0 Å². The van der Waals surface area contributed by atoms with E-state index >= 15 is 0 Å². The summed E-state index contributed by atoms with van der Waals surface area (Å²) in [5.74, 6) is 0.331. The number of anilines is 1. The van der Waals surface area contributed by atoms with E-state index in [1.165, 1.54) is 17.1 Å². The Bertz CT molecular complexity index is 1430. The van der Waals surface area contributed by atoms with Crippen molar-refractivity contribution < 1.29 is 9.13 Å². The molecule has 0 aliphatic rings. The number of methoxy groups -OCH3 is 1. The number of hydrogen-bond acceptors (Lipinski definition) is 8. The molecule has 1 atom stereocenters. The first-order valence-corrected chi connectivity index (χ1v) is 9.74. The van der Waals surface area contributed by atoms with E-state index in [0.29, 0.717) is 39.7 Å². The van der Waals surface area contributed by atoms with E-state index in [2.05, 4.69) is 25.3 Å². The van der Waals surface area contributed by atoms with Gasteiger partial charge in [0.1, 0.15) is 35.0 Å². The molecule has 0 spiro atoms. The predicted octanol–water partition coefficient (Wildman–Crippen LogP) is 2.81. The Kier molecular flexibility index (Phi) is 4.70. The van der Waals surface area contributed by atoms with E-state index in [4.69, 9.17) is 15.6 Å². The van der Waals surface area contributed by atoms with Crippen LogP contribution in [0.25, 0.3) is 28.1 Å². The molecule has 0 saturated carbocycles. The van der Waals surface area contributed by atoms with E-state index < -0.39 is 5.82 Å². The van der Waals surface area contributed by atoms with Crippen LogP contribution in [-0.4, -0.2) is 46.8 Å². The van der Waals surface area contributed by atoms with Gasteiger partial charge in [0.05, 0.1) is 30.4 Å². The molecule has 2 N–H and O–H groups in total. The smallest absolute Gasteiger partial charge is 0.213 e. The minimum atomic E-state index is -0.395. The van der Waals surface area contributed by atoms with Crippen molar-refractivity contribution in [3.05, 3.63) is 66.5 Å². The molecule has 0 bridgehead atoms. The van der Waals surface area contributed by atoms with Crippen LogP contribution in [0.4, 0.5) is 10.2 Å². The number of nitrogen functional groups attached to an aromatic ring is 1. The number of rotatable bonds is 5. The van der Waals surface area contributed by atoms with Crippen LogP contribution in [0.5, 0.6) is 5.88 Å². The Labute approximate surface area is 181 Å². The minimum Gasteiger partial charge on any atom is -0.481 e. The van der Waals surface area contributed by atoms with Crippen molar-refractivity contribution in [1.82, 2.24) is 39.7 Å². The van der Waals surface area contributed by atoms with Crippen molar-refractivity contribution in [2.75, 3.05) is 12.8 Å². The minimum absolute atomic E-state index is 0.281. The fraction of sp³-hybridized carbons (Fsp3) is 0.143. The van der Waals surface area contributed by atoms with Gasteiger partial charge in [0, 0.05) is 6.07 Å². The molecule has 5 aromatic rings. The van der Waals surface area contributed by atoms with Gasteiger partial charge in [-0.2, -0.15) is 5.10 Å². The van der Waals surface area contributed by atoms with Crippen LogP contribution in [0, 0.1) is 5.82 Å².